The highest BCUT2D eigenvalue weighted by Gasteiger charge is 2.21. The standard InChI is InChI=1S/C11H19N4O9P3/c1-21-7(6-22-26(19)24-27(20)23-25(17)18)2-4-15-5-3-8-9(15)13-11(12)14-10(8)16/h3,5,7,17-20H,2,4,6H2,1H3,(H3,12,13,14,16). The molecule has 2 rings (SSSR count). The minimum Gasteiger partial charge on any atom is -0.379 e. The second-order valence-electron chi connectivity index (χ2n) is 5.03. The molecule has 0 radical (unpaired) electrons. The lowest BCUT2D eigenvalue weighted by Gasteiger charge is -2.18. The third kappa shape index (κ3) is 6.94. The Balaban J connectivity index is 1.86. The molecule has 0 amide bonds. The molecule has 0 saturated carbocycles. The van der Waals surface area contributed by atoms with Crippen LogP contribution in [0.15, 0.2) is 17.1 Å². The number of anilines is 1. The van der Waals surface area contributed by atoms with Gasteiger partial charge in [0.15, 0.2) is 0 Å². The van der Waals surface area contributed by atoms with E-state index < -0.39 is 31.9 Å². The molecule has 2 heterocycles. The van der Waals surface area contributed by atoms with Crippen molar-refractivity contribution in [1.29, 1.82) is 0 Å². The molecule has 0 spiro atoms. The minimum atomic E-state index is -2.81. The quantitative estimate of drug-likeness (QED) is 0.263. The Morgan fingerprint density at radius 2 is 2.04 bits per heavy atom. The number of nitrogens with one attached hydrogen (secondary N) is 1. The Bertz CT molecular complexity index is 788. The molecule has 0 aromatic carbocycles. The van der Waals surface area contributed by atoms with E-state index in [1.54, 1.807) is 16.8 Å². The van der Waals surface area contributed by atoms with Gasteiger partial charge in [-0.3, -0.25) is 9.78 Å². The average Bonchev–Trinajstić information content (AvgIpc) is 2.97. The second-order valence-corrected chi connectivity index (χ2v) is 8.05. The number of nitrogens with two attached hydrogens (primary N) is 1. The van der Waals surface area contributed by atoms with Crippen LogP contribution in [0.3, 0.4) is 0 Å². The number of nitrogens with zero attached hydrogens (tertiary/aromatic N) is 2. The number of fused-ring (bicyclic) bond motifs is 1. The molecule has 0 saturated heterocycles. The van der Waals surface area contributed by atoms with Gasteiger partial charge in [-0.2, -0.15) is 4.98 Å². The second kappa shape index (κ2) is 10.7. The summed E-state index contributed by atoms with van der Waals surface area (Å²) in [5.41, 5.74) is 5.67. The molecule has 0 aliphatic heterocycles. The molecule has 0 aliphatic carbocycles. The summed E-state index contributed by atoms with van der Waals surface area (Å²) in [6.07, 6.45) is 1.70. The fourth-order valence-corrected chi connectivity index (χ4v) is 3.98. The lowest BCUT2D eigenvalue weighted by molar-refractivity contribution is 0.0453. The normalized spacial score (nSPS) is 15.3. The van der Waals surface area contributed by atoms with Crippen molar-refractivity contribution in [3.63, 3.8) is 0 Å². The Morgan fingerprint density at radius 1 is 1.30 bits per heavy atom. The number of methoxy groups -OCH3 is 1. The lowest BCUT2D eigenvalue weighted by Crippen LogP contribution is -2.20. The molecular weight excluding hydrogens is 425 g/mol. The number of nitrogen functional groups attached to an aromatic ring is 1. The van der Waals surface area contributed by atoms with Crippen molar-refractivity contribution >= 4 is 42.8 Å². The lowest BCUT2D eigenvalue weighted by atomic mass is 10.2. The van der Waals surface area contributed by atoms with E-state index in [9.17, 15) is 14.6 Å². The van der Waals surface area contributed by atoms with E-state index in [4.69, 9.17) is 24.8 Å². The van der Waals surface area contributed by atoms with Crippen molar-refractivity contribution in [2.45, 2.75) is 19.1 Å². The van der Waals surface area contributed by atoms with E-state index in [0.29, 0.717) is 24.0 Å². The van der Waals surface area contributed by atoms with Crippen molar-refractivity contribution in [3.8, 4) is 0 Å². The van der Waals surface area contributed by atoms with E-state index >= 15 is 0 Å². The van der Waals surface area contributed by atoms with Crippen molar-refractivity contribution in [1.82, 2.24) is 14.5 Å². The molecule has 3 atom stereocenters. The van der Waals surface area contributed by atoms with Gasteiger partial charge in [0, 0.05) is 19.9 Å². The maximum Gasteiger partial charge on any atom is 0.344 e. The molecule has 3 unspecified atom stereocenters. The Kier molecular flexibility index (Phi) is 8.87. The maximum absolute atomic E-state index is 11.8. The van der Waals surface area contributed by atoms with Crippen LogP contribution in [0.25, 0.3) is 11.0 Å². The first-order valence-corrected chi connectivity index (χ1v) is 10.7. The predicted octanol–water partition coefficient (Wildman–Crippen LogP) is 0.412. The van der Waals surface area contributed by atoms with Crippen LogP contribution in [0.5, 0.6) is 0 Å². The number of aromatic nitrogens is 3. The summed E-state index contributed by atoms with van der Waals surface area (Å²) in [6.45, 7) is 0.366. The highest BCUT2D eigenvalue weighted by atomic mass is 31.3. The molecular formula is C11H19N4O9P3. The number of rotatable bonds is 11. The van der Waals surface area contributed by atoms with E-state index in [1.807, 2.05) is 0 Å². The summed E-state index contributed by atoms with van der Waals surface area (Å²) in [5, 5.41) is 0.408. The molecule has 27 heavy (non-hydrogen) atoms. The van der Waals surface area contributed by atoms with Crippen LogP contribution in [0.2, 0.25) is 0 Å². The summed E-state index contributed by atoms with van der Waals surface area (Å²) in [5.74, 6) is 0.0132. The molecule has 152 valence electrons. The summed E-state index contributed by atoms with van der Waals surface area (Å²) in [7, 11) is -6.53. The van der Waals surface area contributed by atoms with Gasteiger partial charge < -0.3 is 39.1 Å². The van der Waals surface area contributed by atoms with Gasteiger partial charge in [0.05, 0.1) is 18.1 Å². The zero-order chi connectivity index (χ0) is 20.0. The van der Waals surface area contributed by atoms with Gasteiger partial charge in [-0.15, -0.1) is 0 Å². The highest BCUT2D eigenvalue weighted by Crippen LogP contribution is 2.55. The molecule has 16 heteroatoms. The van der Waals surface area contributed by atoms with Crippen molar-refractivity contribution in [3.05, 3.63) is 22.6 Å². The monoisotopic (exact) mass is 444 g/mol. The maximum atomic E-state index is 11.8. The predicted molar refractivity (Wildman–Crippen MR) is 97.9 cm³/mol. The third-order valence-electron chi connectivity index (χ3n) is 3.33. The fraction of sp³-hybridized carbons (Fsp3) is 0.455. The van der Waals surface area contributed by atoms with Gasteiger partial charge in [0.25, 0.3) is 5.56 Å². The number of ether oxygens (including phenoxy) is 1. The first kappa shape index (κ1) is 22.5. The van der Waals surface area contributed by atoms with Gasteiger partial charge in [-0.05, 0) is 12.5 Å². The average molecular weight is 444 g/mol. The smallest absolute Gasteiger partial charge is 0.344 e. The number of H-pyrrole nitrogens is 1. The van der Waals surface area contributed by atoms with E-state index in [2.05, 4.69) is 18.6 Å². The van der Waals surface area contributed by atoms with Gasteiger partial charge in [0.2, 0.25) is 5.95 Å². The third-order valence-corrected chi connectivity index (χ3v) is 5.96. The SMILES string of the molecule is COC(CCn1ccc2c(=O)[nH]c(N)nc21)COP(O)OP(O)OP(O)O. The molecule has 0 aliphatic rings. The van der Waals surface area contributed by atoms with Crippen LogP contribution in [0, 0.1) is 0 Å². The molecule has 2 aromatic heterocycles. The molecule has 0 bridgehead atoms. The van der Waals surface area contributed by atoms with Crippen molar-refractivity contribution in [2.75, 3.05) is 19.5 Å². The van der Waals surface area contributed by atoms with E-state index in [1.165, 1.54) is 7.11 Å². The van der Waals surface area contributed by atoms with Crippen LogP contribution >= 0.6 is 25.8 Å². The van der Waals surface area contributed by atoms with Gasteiger partial charge in [-0.1, -0.05) is 0 Å². The Labute approximate surface area is 156 Å². The molecule has 2 aromatic rings. The zero-order valence-electron chi connectivity index (χ0n) is 14.0. The zero-order valence-corrected chi connectivity index (χ0v) is 16.7. The fourth-order valence-electron chi connectivity index (χ4n) is 2.13. The number of aryl methyl sites for hydroxylation is 1. The van der Waals surface area contributed by atoms with Gasteiger partial charge >= 0.3 is 25.8 Å². The van der Waals surface area contributed by atoms with Crippen LogP contribution in [-0.2, 0) is 24.4 Å². The number of hydrogen-bond donors (Lipinski definition) is 6. The first-order chi connectivity index (χ1) is 12.8. The minimum absolute atomic E-state index is 0.0132. The summed E-state index contributed by atoms with van der Waals surface area (Å²) in [6, 6.07) is 1.63. The van der Waals surface area contributed by atoms with Crippen LogP contribution in [0.4, 0.5) is 5.95 Å². The van der Waals surface area contributed by atoms with Crippen molar-refractivity contribution < 1.29 is 37.5 Å². The van der Waals surface area contributed by atoms with E-state index in [0.717, 1.165) is 0 Å². The first-order valence-electron chi connectivity index (χ1n) is 7.32. The molecule has 13 nitrogen and oxygen atoms in total. The van der Waals surface area contributed by atoms with E-state index in [-0.39, 0.29) is 18.1 Å². The number of aromatic amines is 1. The Hall–Kier alpha value is -0.810. The molecule has 7 N–H and O–H groups in total. The number of hydrogen-bond acceptors (Lipinski definition) is 11. The molecule has 0 fully saturated rings. The largest absolute Gasteiger partial charge is 0.379 e. The van der Waals surface area contributed by atoms with Crippen LogP contribution in [-0.4, -0.2) is 53.9 Å². The highest BCUT2D eigenvalue weighted by molar-refractivity contribution is 7.60. The summed E-state index contributed by atoms with van der Waals surface area (Å²) in [4.78, 5) is 54.2. The topological polar surface area (TPSA) is 195 Å². The van der Waals surface area contributed by atoms with Crippen LogP contribution < -0.4 is 11.3 Å². The Morgan fingerprint density at radius 3 is 2.70 bits per heavy atom. The van der Waals surface area contributed by atoms with Crippen molar-refractivity contribution in [2.24, 2.45) is 0 Å². The van der Waals surface area contributed by atoms with Gasteiger partial charge in [0.1, 0.15) is 5.65 Å². The summed E-state index contributed by atoms with van der Waals surface area (Å²) < 4.78 is 20.8. The summed E-state index contributed by atoms with van der Waals surface area (Å²) >= 11 is 0. The van der Waals surface area contributed by atoms with Gasteiger partial charge in [-0.25, -0.2) is 8.62 Å². The van der Waals surface area contributed by atoms with Crippen LogP contribution in [0.1, 0.15) is 6.42 Å².